The number of nitrogens with zero attached hydrogens (tertiary/aromatic N) is 1. The Morgan fingerprint density at radius 1 is 1.32 bits per heavy atom. The minimum atomic E-state index is -0.912. The van der Waals surface area contributed by atoms with Gasteiger partial charge in [0.05, 0.1) is 0 Å². The van der Waals surface area contributed by atoms with Crippen LogP contribution >= 0.6 is 0 Å². The number of amides is 1. The predicted molar refractivity (Wildman–Crippen MR) is 81.6 cm³/mol. The number of nitriles is 1. The summed E-state index contributed by atoms with van der Waals surface area (Å²) in [5.74, 6) is -1.42. The van der Waals surface area contributed by atoms with Gasteiger partial charge in [0.15, 0.2) is 0 Å². The van der Waals surface area contributed by atoms with Crippen molar-refractivity contribution in [2.24, 2.45) is 0 Å². The molecule has 0 heterocycles. The van der Waals surface area contributed by atoms with Gasteiger partial charge in [0, 0.05) is 25.7 Å². The lowest BCUT2D eigenvalue weighted by molar-refractivity contribution is -0.137. The van der Waals surface area contributed by atoms with Crippen molar-refractivity contribution in [1.29, 1.82) is 5.26 Å². The quantitative estimate of drug-likeness (QED) is 0.383. The second-order valence-electron chi connectivity index (χ2n) is 4.79. The summed E-state index contributed by atoms with van der Waals surface area (Å²) in [7, 11) is 0. The Morgan fingerprint density at radius 2 is 2.00 bits per heavy atom. The van der Waals surface area contributed by atoms with Gasteiger partial charge in [-0.15, -0.1) is 0 Å². The molecule has 1 aromatic carbocycles. The first-order valence-corrected chi connectivity index (χ1v) is 6.92. The fraction of sp³-hybridized carbons (Fsp3) is 0.312. The molecule has 1 aromatic rings. The van der Waals surface area contributed by atoms with Gasteiger partial charge in [-0.25, -0.2) is 0 Å². The maximum atomic E-state index is 11.7. The highest BCUT2D eigenvalue weighted by Crippen LogP contribution is 2.02. The van der Waals surface area contributed by atoms with Gasteiger partial charge in [0.2, 0.25) is 0 Å². The van der Waals surface area contributed by atoms with E-state index >= 15 is 0 Å². The molecule has 0 aliphatic heterocycles. The van der Waals surface area contributed by atoms with Crippen LogP contribution in [0, 0.1) is 18.3 Å². The number of carbonyl (C=O) groups excluding carboxylic acids is 1. The molecule has 22 heavy (non-hydrogen) atoms. The van der Waals surface area contributed by atoms with Crippen molar-refractivity contribution in [3.63, 3.8) is 0 Å². The molecule has 0 saturated carbocycles. The Bertz CT molecular complexity index is 586. The highest BCUT2D eigenvalue weighted by Gasteiger charge is 2.08. The Balaban J connectivity index is 2.42. The lowest BCUT2D eigenvalue weighted by Crippen LogP contribution is -2.27. The molecule has 0 spiro atoms. The van der Waals surface area contributed by atoms with Crippen LogP contribution in [0.25, 0.3) is 0 Å². The van der Waals surface area contributed by atoms with Crippen LogP contribution in [0.5, 0.6) is 0 Å². The maximum Gasteiger partial charge on any atom is 0.303 e. The standard InChI is InChI=1S/C16H19N3O3/c1-12-4-6-13(7-5-12)10-18-11-14(9-17)16(22)19-8-2-3-15(20)21/h4-7,11,18H,2-3,8,10H2,1H3,(H,19,22)(H,20,21)/b14-11-. The number of carboxylic acid groups (broad SMARTS) is 1. The van der Waals surface area contributed by atoms with Crippen LogP contribution in [0.2, 0.25) is 0 Å². The molecule has 116 valence electrons. The summed E-state index contributed by atoms with van der Waals surface area (Å²) in [5.41, 5.74) is 2.17. The van der Waals surface area contributed by atoms with Crippen molar-refractivity contribution < 1.29 is 14.7 Å². The highest BCUT2D eigenvalue weighted by molar-refractivity contribution is 5.97. The first-order chi connectivity index (χ1) is 10.5. The van der Waals surface area contributed by atoms with Gasteiger partial charge >= 0.3 is 5.97 Å². The van der Waals surface area contributed by atoms with Crippen LogP contribution in [0.4, 0.5) is 0 Å². The lowest BCUT2D eigenvalue weighted by Gasteiger charge is -2.05. The molecule has 1 rings (SSSR count). The Kier molecular flexibility index (Phi) is 7.20. The molecule has 0 aliphatic rings. The van der Waals surface area contributed by atoms with Crippen LogP contribution in [0.3, 0.4) is 0 Å². The fourth-order valence-corrected chi connectivity index (χ4v) is 1.66. The maximum absolute atomic E-state index is 11.7. The van der Waals surface area contributed by atoms with Gasteiger partial charge in [-0.2, -0.15) is 5.26 Å². The van der Waals surface area contributed by atoms with Gasteiger partial charge in [-0.1, -0.05) is 29.8 Å². The van der Waals surface area contributed by atoms with Crippen LogP contribution < -0.4 is 10.6 Å². The van der Waals surface area contributed by atoms with E-state index in [1.165, 1.54) is 6.20 Å². The van der Waals surface area contributed by atoms with Crippen molar-refractivity contribution >= 4 is 11.9 Å². The van der Waals surface area contributed by atoms with Gasteiger partial charge in [0.25, 0.3) is 5.91 Å². The highest BCUT2D eigenvalue weighted by atomic mass is 16.4. The summed E-state index contributed by atoms with van der Waals surface area (Å²) in [5, 5.41) is 22.9. The van der Waals surface area contributed by atoms with E-state index < -0.39 is 11.9 Å². The molecular weight excluding hydrogens is 282 g/mol. The van der Waals surface area contributed by atoms with E-state index in [4.69, 9.17) is 10.4 Å². The molecule has 0 saturated heterocycles. The van der Waals surface area contributed by atoms with Gasteiger partial charge in [-0.05, 0) is 18.9 Å². The third-order valence-electron chi connectivity index (χ3n) is 2.89. The number of nitrogens with one attached hydrogen (secondary N) is 2. The molecule has 0 bridgehead atoms. The second-order valence-corrected chi connectivity index (χ2v) is 4.79. The molecule has 0 aliphatic carbocycles. The molecule has 0 radical (unpaired) electrons. The average Bonchev–Trinajstić information content (AvgIpc) is 2.49. The summed E-state index contributed by atoms with van der Waals surface area (Å²) in [4.78, 5) is 22.1. The fourth-order valence-electron chi connectivity index (χ4n) is 1.66. The smallest absolute Gasteiger partial charge is 0.303 e. The number of aliphatic carboxylic acids is 1. The monoisotopic (exact) mass is 301 g/mol. The molecule has 0 fully saturated rings. The van der Waals surface area contributed by atoms with Crippen LogP contribution in [-0.2, 0) is 16.1 Å². The number of benzene rings is 1. The Labute approximate surface area is 129 Å². The lowest BCUT2D eigenvalue weighted by atomic mass is 10.1. The normalized spacial score (nSPS) is 10.6. The molecule has 0 aromatic heterocycles. The van der Waals surface area contributed by atoms with Crippen molar-refractivity contribution in [3.05, 3.63) is 47.2 Å². The zero-order chi connectivity index (χ0) is 16.4. The molecular formula is C16H19N3O3. The van der Waals surface area contributed by atoms with Crippen molar-refractivity contribution in [3.8, 4) is 6.07 Å². The molecule has 6 nitrogen and oxygen atoms in total. The number of hydrogen-bond acceptors (Lipinski definition) is 4. The molecule has 3 N–H and O–H groups in total. The van der Waals surface area contributed by atoms with Gasteiger partial charge < -0.3 is 15.7 Å². The summed E-state index contributed by atoms with van der Waals surface area (Å²) in [6.07, 6.45) is 1.68. The minimum Gasteiger partial charge on any atom is -0.481 e. The van der Waals surface area contributed by atoms with Crippen molar-refractivity contribution in [1.82, 2.24) is 10.6 Å². The molecule has 0 unspecified atom stereocenters. The first kappa shape index (κ1) is 17.2. The minimum absolute atomic E-state index is 0.0163. The predicted octanol–water partition coefficient (Wildman–Crippen LogP) is 1.47. The number of aryl methyl sites for hydroxylation is 1. The van der Waals surface area contributed by atoms with Crippen LogP contribution in [0.15, 0.2) is 36.0 Å². The largest absolute Gasteiger partial charge is 0.481 e. The van der Waals surface area contributed by atoms with Crippen molar-refractivity contribution in [2.45, 2.75) is 26.3 Å². The summed E-state index contributed by atoms with van der Waals surface area (Å²) in [6.45, 7) is 2.74. The topological polar surface area (TPSA) is 102 Å². The van der Waals surface area contributed by atoms with Crippen LogP contribution in [0.1, 0.15) is 24.0 Å². The number of hydrogen-bond donors (Lipinski definition) is 3. The summed E-state index contributed by atoms with van der Waals surface area (Å²) in [6, 6.07) is 9.72. The Morgan fingerprint density at radius 3 is 2.59 bits per heavy atom. The average molecular weight is 301 g/mol. The van der Waals surface area contributed by atoms with E-state index in [1.54, 1.807) is 0 Å². The SMILES string of the molecule is Cc1ccc(CN/C=C(/C#N)C(=O)NCCCC(=O)O)cc1. The molecule has 6 heteroatoms. The Hall–Kier alpha value is -2.81. The van der Waals surface area contributed by atoms with Gasteiger partial charge in [-0.3, -0.25) is 9.59 Å². The van der Waals surface area contributed by atoms with Crippen LogP contribution in [-0.4, -0.2) is 23.5 Å². The first-order valence-electron chi connectivity index (χ1n) is 6.92. The molecule has 1 amide bonds. The zero-order valence-electron chi connectivity index (χ0n) is 12.4. The zero-order valence-corrected chi connectivity index (χ0v) is 12.4. The van der Waals surface area contributed by atoms with E-state index in [0.29, 0.717) is 13.0 Å². The number of carbonyl (C=O) groups is 2. The summed E-state index contributed by atoms with van der Waals surface area (Å²) < 4.78 is 0. The second kappa shape index (κ2) is 9.19. The van der Waals surface area contributed by atoms with E-state index in [2.05, 4.69) is 10.6 Å². The number of carboxylic acids is 1. The summed E-state index contributed by atoms with van der Waals surface area (Å²) >= 11 is 0. The van der Waals surface area contributed by atoms with E-state index in [0.717, 1.165) is 11.1 Å². The number of rotatable bonds is 8. The van der Waals surface area contributed by atoms with Gasteiger partial charge in [0.1, 0.15) is 11.6 Å². The van der Waals surface area contributed by atoms with E-state index in [1.807, 2.05) is 37.3 Å². The van der Waals surface area contributed by atoms with E-state index in [-0.39, 0.29) is 18.5 Å². The third-order valence-corrected chi connectivity index (χ3v) is 2.89. The van der Waals surface area contributed by atoms with E-state index in [9.17, 15) is 9.59 Å². The van der Waals surface area contributed by atoms with Crippen molar-refractivity contribution in [2.75, 3.05) is 6.54 Å². The molecule has 0 atom stereocenters. The third kappa shape index (κ3) is 6.57.